The highest BCUT2D eigenvalue weighted by Gasteiger charge is 2.53. The SMILES string of the molecule is CC1(C)c2ccccc2-c2ccc(-c3cc(-c4ccccc4)nc(-c4ccc(-c5ccc6c(c5)Oc5cc(-c7ccc(-c8cc(-c9cc%10c%11c(cccc%11c9)CC=C%10)nc(-c9ccc(-c%10ccc%11c(c%10)Oc%10ccccc%10C%11%10c%11ccccc%11-c%11ccccc%11%10)cc9)n8)cc7)ccc5C65c6ccccc6-c6ccccc65)cc4)n3)cc21. The summed E-state index contributed by atoms with van der Waals surface area (Å²) in [6.45, 7) is 4.66. The monoisotopic (exact) mass is 1480 g/mol. The van der Waals surface area contributed by atoms with Gasteiger partial charge in [0.15, 0.2) is 11.6 Å². The van der Waals surface area contributed by atoms with Crippen molar-refractivity contribution in [2.24, 2.45) is 0 Å². The minimum Gasteiger partial charge on any atom is -0.457 e. The Hall–Kier alpha value is -14.7. The molecule has 0 saturated heterocycles. The van der Waals surface area contributed by atoms with Crippen LogP contribution in [-0.4, -0.2) is 19.9 Å². The fourth-order valence-corrected chi connectivity index (χ4v) is 20.3. The third kappa shape index (κ3) is 9.77. The first-order valence-electron chi connectivity index (χ1n) is 40.1. The van der Waals surface area contributed by atoms with Gasteiger partial charge in [-0.05, 0) is 183 Å². The number of nitrogens with zero attached hydrogens (tertiary/aromatic N) is 4. The number of aromatic nitrogens is 4. The Kier molecular flexibility index (Phi) is 14.3. The molecule has 2 aromatic heterocycles. The van der Waals surface area contributed by atoms with Crippen molar-refractivity contribution in [1.82, 2.24) is 19.9 Å². The minimum atomic E-state index is -0.660. The van der Waals surface area contributed by atoms with Gasteiger partial charge < -0.3 is 9.47 Å². The van der Waals surface area contributed by atoms with Crippen molar-refractivity contribution in [3.8, 4) is 158 Å². The number of hydrogen-bond donors (Lipinski definition) is 0. The van der Waals surface area contributed by atoms with E-state index in [9.17, 15) is 0 Å². The van der Waals surface area contributed by atoms with Crippen LogP contribution in [0.3, 0.4) is 0 Å². The molecule has 0 N–H and O–H groups in total. The predicted molar refractivity (Wildman–Crippen MR) is 469 cm³/mol. The van der Waals surface area contributed by atoms with Crippen LogP contribution in [0.5, 0.6) is 23.0 Å². The number of hydrogen-bond acceptors (Lipinski definition) is 6. The molecule has 2 spiro atoms. The van der Waals surface area contributed by atoms with E-state index in [1.807, 2.05) is 6.07 Å². The topological polar surface area (TPSA) is 70.0 Å². The maximum absolute atomic E-state index is 7.40. The van der Waals surface area contributed by atoms with E-state index in [0.717, 1.165) is 141 Å². The first kappa shape index (κ1) is 65.9. The van der Waals surface area contributed by atoms with E-state index in [0.29, 0.717) is 11.6 Å². The second-order valence-corrected chi connectivity index (χ2v) is 32.2. The van der Waals surface area contributed by atoms with E-state index in [1.165, 1.54) is 88.7 Å². The summed E-state index contributed by atoms with van der Waals surface area (Å²) in [6.07, 6.45) is 5.44. The first-order chi connectivity index (χ1) is 57.2. The molecule has 2 aliphatic heterocycles. The lowest BCUT2D eigenvalue weighted by atomic mass is 9.65. The van der Waals surface area contributed by atoms with Gasteiger partial charge in [-0.1, -0.05) is 335 Å². The lowest BCUT2D eigenvalue weighted by Gasteiger charge is -2.39. The van der Waals surface area contributed by atoms with Crippen LogP contribution in [0.15, 0.2) is 370 Å². The lowest BCUT2D eigenvalue weighted by molar-refractivity contribution is 0.436. The molecule has 4 heterocycles. The molecular weight excluding hydrogens is 1410 g/mol. The van der Waals surface area contributed by atoms with Gasteiger partial charge in [-0.15, -0.1) is 0 Å². The summed E-state index contributed by atoms with van der Waals surface area (Å²) < 4.78 is 14.3. The highest BCUT2D eigenvalue weighted by molar-refractivity contribution is 5.99. The Morgan fingerprint density at radius 2 is 0.612 bits per heavy atom. The number of allylic oxidation sites excluding steroid dienone is 1. The maximum atomic E-state index is 7.40. The average molecular weight is 1480 g/mol. The summed E-state index contributed by atoms with van der Waals surface area (Å²) in [6, 6.07) is 132. The van der Waals surface area contributed by atoms with Crippen LogP contribution >= 0.6 is 0 Å². The van der Waals surface area contributed by atoms with Crippen LogP contribution < -0.4 is 9.47 Å². The first-order valence-corrected chi connectivity index (χ1v) is 40.1. The molecule has 6 heteroatoms. The second kappa shape index (κ2) is 25.1. The molecule has 0 radical (unpaired) electrons. The Labute approximate surface area is 672 Å². The normalized spacial score (nSPS) is 14.2. The van der Waals surface area contributed by atoms with Crippen molar-refractivity contribution in [3.05, 3.63) is 437 Å². The molecule has 4 aliphatic carbocycles. The molecule has 24 rings (SSSR count). The van der Waals surface area contributed by atoms with Crippen molar-refractivity contribution >= 4 is 16.8 Å². The molecule has 542 valence electrons. The van der Waals surface area contributed by atoms with Gasteiger partial charge in [0.05, 0.1) is 33.6 Å². The fourth-order valence-electron chi connectivity index (χ4n) is 20.3. The summed E-state index contributed by atoms with van der Waals surface area (Å²) >= 11 is 0. The average Bonchev–Trinajstić information content (AvgIpc) is 1.47. The number of fused-ring (bicyclic) bond motifs is 21. The molecule has 6 aliphatic rings. The van der Waals surface area contributed by atoms with E-state index in [1.54, 1.807) is 0 Å². The summed E-state index contributed by atoms with van der Waals surface area (Å²) in [5, 5.41) is 2.50. The highest BCUT2D eigenvalue weighted by atomic mass is 16.5. The largest absolute Gasteiger partial charge is 0.457 e. The third-order valence-corrected chi connectivity index (χ3v) is 25.7. The zero-order valence-electron chi connectivity index (χ0n) is 63.6. The minimum absolute atomic E-state index is 0.149. The van der Waals surface area contributed by atoms with Crippen LogP contribution in [0.25, 0.3) is 151 Å². The fraction of sp³-hybridized carbons (Fsp3) is 0.0545. The molecule has 16 aromatic carbocycles. The van der Waals surface area contributed by atoms with Crippen molar-refractivity contribution in [2.75, 3.05) is 0 Å². The molecule has 116 heavy (non-hydrogen) atoms. The Morgan fingerprint density at radius 1 is 0.241 bits per heavy atom. The van der Waals surface area contributed by atoms with Gasteiger partial charge >= 0.3 is 0 Å². The molecule has 0 amide bonds. The standard InChI is InChI=1S/C110H70N4O2/c1-108(2)87-31-11-6-26-81(87)86-54-50-77(60-96(86)108)99-64-97(69-20-4-3-5-21-69)111-106(113-99)72-46-40-68(41-47-72)76-53-57-95-104(63-76)116-103-62-75(52-56-94(103)110(95)90-34-14-9-29-84(90)85-30-10-15-35-91(85)110)66-38-44-70(45-39-66)98-65-100(80-58-78-24-18-22-71-23-19-25-79(59-80)105(71)78)114-107(112-98)73-48-42-67(43-49-73)74-51-55-93-102(61-74)115-101-37-17-16-36-92(101)109(93)88-32-12-7-27-82(88)83-28-8-13-33-89(83)109/h3-22,24-65H,23H2,1-2H3. The Morgan fingerprint density at radius 3 is 1.12 bits per heavy atom. The van der Waals surface area contributed by atoms with E-state index in [2.05, 4.69) is 384 Å². The highest BCUT2D eigenvalue weighted by Crippen LogP contribution is 2.65. The van der Waals surface area contributed by atoms with Crippen LogP contribution in [0.4, 0.5) is 0 Å². The summed E-state index contributed by atoms with van der Waals surface area (Å²) in [5.74, 6) is 4.66. The molecule has 0 fully saturated rings. The van der Waals surface area contributed by atoms with Crippen LogP contribution in [0, 0.1) is 0 Å². The second-order valence-electron chi connectivity index (χ2n) is 32.2. The number of rotatable bonds is 9. The molecule has 0 unspecified atom stereocenters. The van der Waals surface area contributed by atoms with Gasteiger partial charge in [0.25, 0.3) is 0 Å². The summed E-state index contributed by atoms with van der Waals surface area (Å²) in [4.78, 5) is 21.6. The van der Waals surface area contributed by atoms with Crippen molar-refractivity contribution in [1.29, 1.82) is 0 Å². The van der Waals surface area contributed by atoms with Crippen molar-refractivity contribution < 1.29 is 9.47 Å². The van der Waals surface area contributed by atoms with Gasteiger partial charge in [0, 0.05) is 61.0 Å². The Balaban J connectivity index is 0.575. The molecule has 18 aromatic rings. The quantitative estimate of drug-likeness (QED) is 0.143. The Bertz CT molecular complexity index is 7160. The maximum Gasteiger partial charge on any atom is 0.160 e. The van der Waals surface area contributed by atoms with Crippen LogP contribution in [0.1, 0.15) is 80.6 Å². The number of ether oxygens (including phenoxy) is 2. The van der Waals surface area contributed by atoms with Gasteiger partial charge in [-0.25, -0.2) is 19.9 Å². The molecule has 0 saturated carbocycles. The zero-order chi connectivity index (χ0) is 76.5. The zero-order valence-corrected chi connectivity index (χ0v) is 63.6. The van der Waals surface area contributed by atoms with Gasteiger partial charge in [0.1, 0.15) is 23.0 Å². The van der Waals surface area contributed by atoms with Crippen LogP contribution in [-0.2, 0) is 22.7 Å². The van der Waals surface area contributed by atoms with E-state index >= 15 is 0 Å². The molecule has 0 bridgehead atoms. The number of para-hydroxylation sites is 1. The summed E-state index contributed by atoms with van der Waals surface area (Å²) in [7, 11) is 0. The van der Waals surface area contributed by atoms with Gasteiger partial charge in [-0.2, -0.15) is 0 Å². The van der Waals surface area contributed by atoms with Crippen molar-refractivity contribution in [3.63, 3.8) is 0 Å². The smallest absolute Gasteiger partial charge is 0.160 e. The van der Waals surface area contributed by atoms with Crippen molar-refractivity contribution in [2.45, 2.75) is 36.5 Å². The van der Waals surface area contributed by atoms with Gasteiger partial charge in [0.2, 0.25) is 0 Å². The molecule has 0 atom stereocenters. The van der Waals surface area contributed by atoms with E-state index in [-0.39, 0.29) is 5.41 Å². The van der Waals surface area contributed by atoms with E-state index < -0.39 is 10.8 Å². The van der Waals surface area contributed by atoms with E-state index in [4.69, 9.17) is 29.4 Å². The third-order valence-electron chi connectivity index (χ3n) is 25.7. The predicted octanol–water partition coefficient (Wildman–Crippen LogP) is 27.2. The summed E-state index contributed by atoms with van der Waals surface area (Å²) in [5.41, 5.74) is 36.7. The van der Waals surface area contributed by atoms with Gasteiger partial charge in [-0.3, -0.25) is 0 Å². The number of benzene rings is 16. The molecular formula is C110H70N4O2. The van der Waals surface area contributed by atoms with Crippen LogP contribution in [0.2, 0.25) is 0 Å². The lowest BCUT2D eigenvalue weighted by Crippen LogP contribution is -2.32. The molecule has 6 nitrogen and oxygen atoms in total.